The molecular formula is C42H50O15. The lowest BCUT2D eigenvalue weighted by atomic mass is 9.96. The standard InChI is InChI=1S/C42H50O15/c1-26(43)49-25-34-36(52-27(2)44)38(53-28(3)45)40(54-29(4)46)42(56-34)57-35-33(24-48-21-30-15-9-6-10-16-30)55-41(47-5)39(51-23-32-19-13-8-14-20-32)37(35)50-22-31-17-11-7-12-18-31/h6-20,33-42H,21-25H2,1-5H3/t33-,34-,35-,36+,37+,38+,39-,40-,41-,42+/m1/s1. The van der Waals surface area contributed by atoms with Crippen LogP contribution in [-0.4, -0.2) is 106 Å². The molecule has 0 N–H and O–H groups in total. The summed E-state index contributed by atoms with van der Waals surface area (Å²) in [6.07, 6.45) is -12.1. The molecule has 3 aromatic carbocycles. The Bertz CT molecular complexity index is 1710. The number of benzene rings is 3. The van der Waals surface area contributed by atoms with E-state index in [2.05, 4.69) is 0 Å². The van der Waals surface area contributed by atoms with Crippen LogP contribution in [0.3, 0.4) is 0 Å². The predicted molar refractivity (Wildman–Crippen MR) is 199 cm³/mol. The summed E-state index contributed by atoms with van der Waals surface area (Å²) in [5.74, 6) is -2.98. The van der Waals surface area contributed by atoms with E-state index >= 15 is 0 Å². The van der Waals surface area contributed by atoms with Crippen LogP contribution in [0, 0.1) is 0 Å². The van der Waals surface area contributed by atoms with Crippen LogP contribution in [0.5, 0.6) is 0 Å². The Balaban J connectivity index is 1.56. The van der Waals surface area contributed by atoms with Gasteiger partial charge in [-0.1, -0.05) is 91.0 Å². The first-order valence-corrected chi connectivity index (χ1v) is 18.6. The van der Waals surface area contributed by atoms with Crippen LogP contribution in [0.4, 0.5) is 0 Å². The van der Waals surface area contributed by atoms with Crippen molar-refractivity contribution in [1.82, 2.24) is 0 Å². The average Bonchev–Trinajstić information content (AvgIpc) is 3.19. The molecule has 0 aromatic heterocycles. The Kier molecular flexibility index (Phi) is 16.5. The fourth-order valence-corrected chi connectivity index (χ4v) is 6.59. The van der Waals surface area contributed by atoms with E-state index in [1.807, 2.05) is 91.0 Å². The lowest BCUT2D eigenvalue weighted by Gasteiger charge is -2.49. The summed E-state index contributed by atoms with van der Waals surface area (Å²) < 4.78 is 67.2. The van der Waals surface area contributed by atoms with Gasteiger partial charge in [0.25, 0.3) is 0 Å². The van der Waals surface area contributed by atoms with E-state index in [4.69, 9.17) is 52.1 Å². The third kappa shape index (κ3) is 12.9. The first kappa shape index (κ1) is 43.4. The molecule has 0 amide bonds. The van der Waals surface area contributed by atoms with Gasteiger partial charge < -0.3 is 52.1 Å². The molecule has 57 heavy (non-hydrogen) atoms. The second-order valence-corrected chi connectivity index (χ2v) is 13.5. The van der Waals surface area contributed by atoms with Gasteiger partial charge in [0.15, 0.2) is 30.9 Å². The Morgan fingerprint density at radius 3 is 1.46 bits per heavy atom. The van der Waals surface area contributed by atoms with Crippen molar-refractivity contribution in [2.24, 2.45) is 0 Å². The molecule has 2 fully saturated rings. The van der Waals surface area contributed by atoms with Crippen molar-refractivity contribution < 1.29 is 71.3 Å². The largest absolute Gasteiger partial charge is 0.463 e. The van der Waals surface area contributed by atoms with Crippen LogP contribution >= 0.6 is 0 Å². The summed E-state index contributed by atoms with van der Waals surface area (Å²) in [5, 5.41) is 0. The van der Waals surface area contributed by atoms with Crippen LogP contribution in [-0.2, 0) is 91.1 Å². The first-order chi connectivity index (χ1) is 27.5. The average molecular weight is 795 g/mol. The summed E-state index contributed by atoms with van der Waals surface area (Å²) in [7, 11) is 1.49. The maximum atomic E-state index is 12.7. The first-order valence-electron chi connectivity index (χ1n) is 18.6. The molecule has 5 rings (SSSR count). The molecular weight excluding hydrogens is 744 g/mol. The molecule has 0 aliphatic carbocycles. The van der Waals surface area contributed by atoms with Gasteiger partial charge in [-0.15, -0.1) is 0 Å². The number of hydrogen-bond acceptors (Lipinski definition) is 15. The molecule has 0 spiro atoms. The van der Waals surface area contributed by atoms with Crippen LogP contribution in [0.25, 0.3) is 0 Å². The Hall–Kier alpha value is -4.74. The minimum atomic E-state index is -1.55. The number of ether oxygens (including phenoxy) is 11. The van der Waals surface area contributed by atoms with Crippen LogP contribution in [0.1, 0.15) is 44.4 Å². The highest BCUT2D eigenvalue weighted by atomic mass is 16.8. The number of carbonyl (C=O) groups excluding carboxylic acids is 4. The fourth-order valence-electron chi connectivity index (χ4n) is 6.59. The smallest absolute Gasteiger partial charge is 0.303 e. The SMILES string of the molecule is CO[C@@H]1O[C@H](COCc2ccccc2)[C@@H](O[C@@H]2O[C@H](COC(C)=O)[C@H](OC(C)=O)[C@H](OC(C)=O)[C@H]2OC(C)=O)[C@H](OCc2ccccc2)[C@H]1OCc1ccccc1. The zero-order valence-electron chi connectivity index (χ0n) is 32.6. The van der Waals surface area contributed by atoms with E-state index in [-0.39, 0.29) is 26.4 Å². The summed E-state index contributed by atoms with van der Waals surface area (Å²) >= 11 is 0. The molecule has 0 unspecified atom stereocenters. The summed E-state index contributed by atoms with van der Waals surface area (Å²) in [6.45, 7) is 4.65. The van der Waals surface area contributed by atoms with Crippen molar-refractivity contribution in [2.45, 2.75) is 109 Å². The molecule has 2 heterocycles. The van der Waals surface area contributed by atoms with Gasteiger partial charge in [-0.3, -0.25) is 19.2 Å². The third-order valence-electron chi connectivity index (χ3n) is 9.03. The van der Waals surface area contributed by atoms with E-state index < -0.39 is 91.9 Å². The zero-order valence-corrected chi connectivity index (χ0v) is 32.6. The number of esters is 4. The van der Waals surface area contributed by atoms with Crippen molar-refractivity contribution in [3.8, 4) is 0 Å². The van der Waals surface area contributed by atoms with Crippen molar-refractivity contribution in [3.05, 3.63) is 108 Å². The molecule has 2 saturated heterocycles. The Morgan fingerprint density at radius 1 is 0.491 bits per heavy atom. The predicted octanol–water partition coefficient (Wildman–Crippen LogP) is 4.21. The molecule has 0 bridgehead atoms. The number of hydrogen-bond donors (Lipinski definition) is 0. The Labute approximate surface area is 331 Å². The molecule has 308 valence electrons. The molecule has 2 aliphatic heterocycles. The molecule has 2 aliphatic rings. The maximum Gasteiger partial charge on any atom is 0.303 e. The lowest BCUT2D eigenvalue weighted by Crippen LogP contribution is -2.67. The lowest BCUT2D eigenvalue weighted by molar-refractivity contribution is -0.367. The maximum absolute atomic E-state index is 12.7. The van der Waals surface area contributed by atoms with Gasteiger partial charge in [0.1, 0.15) is 37.1 Å². The van der Waals surface area contributed by atoms with Crippen molar-refractivity contribution in [1.29, 1.82) is 0 Å². The normalized spacial score (nSPS) is 27.2. The van der Waals surface area contributed by atoms with Crippen molar-refractivity contribution in [2.75, 3.05) is 20.3 Å². The molecule has 3 aromatic rings. The molecule has 15 nitrogen and oxygen atoms in total. The van der Waals surface area contributed by atoms with Gasteiger partial charge in [-0.05, 0) is 16.7 Å². The quantitative estimate of drug-likeness (QED) is 0.132. The summed E-state index contributed by atoms with van der Waals surface area (Å²) in [5.41, 5.74) is 2.64. The van der Waals surface area contributed by atoms with Gasteiger partial charge in [0.2, 0.25) is 0 Å². The fraction of sp³-hybridized carbons (Fsp3) is 0.476. The van der Waals surface area contributed by atoms with Crippen molar-refractivity contribution in [3.63, 3.8) is 0 Å². The minimum Gasteiger partial charge on any atom is -0.463 e. The number of carbonyl (C=O) groups is 4. The monoisotopic (exact) mass is 794 g/mol. The highest BCUT2D eigenvalue weighted by molar-refractivity contribution is 5.68. The Morgan fingerprint density at radius 2 is 0.947 bits per heavy atom. The number of methoxy groups -OCH3 is 1. The van der Waals surface area contributed by atoms with E-state index in [0.29, 0.717) is 0 Å². The third-order valence-corrected chi connectivity index (χ3v) is 9.03. The van der Waals surface area contributed by atoms with E-state index in [9.17, 15) is 19.2 Å². The topological polar surface area (TPSA) is 170 Å². The van der Waals surface area contributed by atoms with Crippen LogP contribution in [0.2, 0.25) is 0 Å². The van der Waals surface area contributed by atoms with Gasteiger partial charge in [0, 0.05) is 34.8 Å². The van der Waals surface area contributed by atoms with E-state index in [0.717, 1.165) is 37.5 Å². The van der Waals surface area contributed by atoms with Crippen molar-refractivity contribution >= 4 is 23.9 Å². The molecule has 0 radical (unpaired) electrons. The van der Waals surface area contributed by atoms with Crippen LogP contribution < -0.4 is 0 Å². The van der Waals surface area contributed by atoms with E-state index in [1.165, 1.54) is 14.0 Å². The van der Waals surface area contributed by atoms with E-state index in [1.54, 1.807) is 0 Å². The molecule has 10 atom stereocenters. The second kappa shape index (κ2) is 21.7. The highest BCUT2D eigenvalue weighted by Crippen LogP contribution is 2.36. The summed E-state index contributed by atoms with van der Waals surface area (Å²) in [6, 6.07) is 28.5. The van der Waals surface area contributed by atoms with Gasteiger partial charge in [0.05, 0.1) is 26.4 Å². The van der Waals surface area contributed by atoms with Gasteiger partial charge >= 0.3 is 23.9 Å². The second-order valence-electron chi connectivity index (χ2n) is 13.5. The van der Waals surface area contributed by atoms with Crippen LogP contribution in [0.15, 0.2) is 91.0 Å². The minimum absolute atomic E-state index is 0.0404. The van der Waals surface area contributed by atoms with Gasteiger partial charge in [-0.25, -0.2) is 0 Å². The molecule has 0 saturated carbocycles. The highest BCUT2D eigenvalue weighted by Gasteiger charge is 2.56. The summed E-state index contributed by atoms with van der Waals surface area (Å²) in [4.78, 5) is 49.5. The zero-order chi connectivity index (χ0) is 40.7. The van der Waals surface area contributed by atoms with Gasteiger partial charge in [-0.2, -0.15) is 0 Å². The molecule has 15 heteroatoms. The number of rotatable bonds is 18.